The van der Waals surface area contributed by atoms with Crippen LogP contribution in [0.15, 0.2) is 15.9 Å². The summed E-state index contributed by atoms with van der Waals surface area (Å²) in [6.45, 7) is 2.65. The van der Waals surface area contributed by atoms with Crippen LogP contribution in [0.25, 0.3) is 0 Å². The number of ketones is 1. The van der Waals surface area contributed by atoms with Gasteiger partial charge in [-0.25, -0.2) is 0 Å². The maximum Gasteiger partial charge on any atom is 0.169 e. The van der Waals surface area contributed by atoms with Gasteiger partial charge in [-0.3, -0.25) is 4.79 Å². The molecule has 88 valence electrons. The molecule has 0 radical (unpaired) electrons. The number of hydrogen-bond donors (Lipinski definition) is 0. The third-order valence-electron chi connectivity index (χ3n) is 3.02. The molecule has 1 aliphatic rings. The molecule has 1 aromatic rings. The van der Waals surface area contributed by atoms with Crippen LogP contribution in [0.4, 0.5) is 0 Å². The molecule has 0 aromatic carbocycles. The third kappa shape index (κ3) is 2.73. The summed E-state index contributed by atoms with van der Waals surface area (Å²) in [7, 11) is 0. The van der Waals surface area contributed by atoms with Gasteiger partial charge in [0.05, 0.1) is 3.79 Å². The first-order valence-corrected chi connectivity index (χ1v) is 7.12. The number of carbonyl (C=O) groups excluding carboxylic acids is 1. The van der Waals surface area contributed by atoms with Crippen LogP contribution in [0.3, 0.4) is 0 Å². The maximum atomic E-state index is 12.2. The Bertz CT molecular complexity index is 380. The number of thiophene rings is 1. The van der Waals surface area contributed by atoms with E-state index in [-0.39, 0.29) is 5.78 Å². The van der Waals surface area contributed by atoms with Crippen molar-refractivity contribution in [2.75, 3.05) is 6.61 Å². The number of hydrogen-bond acceptors (Lipinski definition) is 3. The monoisotopic (exact) mass is 302 g/mol. The maximum absolute atomic E-state index is 12.2. The van der Waals surface area contributed by atoms with E-state index in [9.17, 15) is 4.79 Å². The van der Waals surface area contributed by atoms with E-state index in [1.54, 1.807) is 11.3 Å². The van der Waals surface area contributed by atoms with Gasteiger partial charge in [-0.05, 0) is 54.2 Å². The normalized spacial score (nSPS) is 25.6. The van der Waals surface area contributed by atoms with Crippen LogP contribution in [0.2, 0.25) is 0 Å². The highest BCUT2D eigenvalue weighted by Gasteiger charge is 2.35. The van der Waals surface area contributed by atoms with Crippen molar-refractivity contribution in [3.8, 4) is 0 Å². The van der Waals surface area contributed by atoms with Crippen LogP contribution < -0.4 is 0 Å². The SMILES string of the molecule is CC1(C(=O)Cc2ccc(Br)s2)CCCCO1. The number of ether oxygens (including phenoxy) is 1. The van der Waals surface area contributed by atoms with Gasteiger partial charge >= 0.3 is 0 Å². The average Bonchev–Trinajstić information content (AvgIpc) is 2.65. The second kappa shape index (κ2) is 4.98. The predicted octanol–water partition coefficient (Wildman–Crippen LogP) is 3.58. The van der Waals surface area contributed by atoms with E-state index < -0.39 is 5.60 Å². The minimum absolute atomic E-state index is 0.210. The molecule has 0 bridgehead atoms. The molecular formula is C12H15BrO2S. The second-order valence-corrected chi connectivity index (χ2v) is 6.89. The number of halogens is 1. The molecule has 2 nitrogen and oxygen atoms in total. The molecule has 0 N–H and O–H groups in total. The molecule has 0 spiro atoms. The van der Waals surface area contributed by atoms with Gasteiger partial charge in [-0.2, -0.15) is 0 Å². The van der Waals surface area contributed by atoms with E-state index in [4.69, 9.17) is 4.74 Å². The molecule has 1 aliphatic heterocycles. The van der Waals surface area contributed by atoms with Crippen LogP contribution in [-0.4, -0.2) is 18.0 Å². The Morgan fingerprint density at radius 3 is 2.94 bits per heavy atom. The molecule has 1 saturated heterocycles. The number of carbonyl (C=O) groups is 1. The van der Waals surface area contributed by atoms with E-state index in [0.29, 0.717) is 6.42 Å². The van der Waals surface area contributed by atoms with Crippen molar-refractivity contribution in [1.82, 2.24) is 0 Å². The van der Waals surface area contributed by atoms with Gasteiger partial charge in [0.2, 0.25) is 0 Å². The van der Waals surface area contributed by atoms with Gasteiger partial charge in [-0.15, -0.1) is 11.3 Å². The highest BCUT2D eigenvalue weighted by Crippen LogP contribution is 2.29. The zero-order valence-electron chi connectivity index (χ0n) is 9.29. The Hall–Kier alpha value is -0.190. The third-order valence-corrected chi connectivity index (χ3v) is 4.65. The minimum atomic E-state index is -0.547. The lowest BCUT2D eigenvalue weighted by Crippen LogP contribution is -2.42. The summed E-state index contributed by atoms with van der Waals surface area (Å²) in [5.41, 5.74) is -0.547. The predicted molar refractivity (Wildman–Crippen MR) is 68.9 cm³/mol. The molecule has 0 aliphatic carbocycles. The summed E-state index contributed by atoms with van der Waals surface area (Å²) in [5.74, 6) is 0.210. The second-order valence-electron chi connectivity index (χ2n) is 4.34. The molecule has 1 atom stereocenters. The molecule has 2 rings (SSSR count). The first kappa shape index (κ1) is 12.3. The Morgan fingerprint density at radius 1 is 1.56 bits per heavy atom. The molecule has 1 aromatic heterocycles. The summed E-state index contributed by atoms with van der Waals surface area (Å²) >= 11 is 5.03. The standard InChI is InChI=1S/C12H15BrO2S/c1-12(6-2-3-7-15-12)10(14)8-9-4-5-11(13)16-9/h4-5H,2-3,6-8H2,1H3. The molecule has 0 saturated carbocycles. The first-order valence-electron chi connectivity index (χ1n) is 5.52. The lowest BCUT2D eigenvalue weighted by molar-refractivity contribution is -0.147. The van der Waals surface area contributed by atoms with Gasteiger partial charge in [0.15, 0.2) is 5.78 Å². The van der Waals surface area contributed by atoms with Crippen molar-refractivity contribution >= 4 is 33.0 Å². The highest BCUT2D eigenvalue weighted by molar-refractivity contribution is 9.11. The van der Waals surface area contributed by atoms with Gasteiger partial charge in [0, 0.05) is 17.9 Å². The highest BCUT2D eigenvalue weighted by atomic mass is 79.9. The van der Waals surface area contributed by atoms with Crippen molar-refractivity contribution in [3.05, 3.63) is 20.8 Å². The Balaban J connectivity index is 2.01. The zero-order chi connectivity index (χ0) is 11.6. The smallest absolute Gasteiger partial charge is 0.169 e. The topological polar surface area (TPSA) is 26.3 Å². The Morgan fingerprint density at radius 2 is 2.38 bits per heavy atom. The first-order chi connectivity index (χ1) is 7.60. The molecule has 16 heavy (non-hydrogen) atoms. The van der Waals surface area contributed by atoms with Crippen molar-refractivity contribution in [2.24, 2.45) is 0 Å². The van der Waals surface area contributed by atoms with Gasteiger partial charge in [-0.1, -0.05) is 0 Å². The van der Waals surface area contributed by atoms with E-state index in [2.05, 4.69) is 15.9 Å². The summed E-state index contributed by atoms with van der Waals surface area (Å²) in [4.78, 5) is 13.3. The molecule has 2 heterocycles. The Kier molecular flexibility index (Phi) is 3.82. The van der Waals surface area contributed by atoms with Crippen LogP contribution in [0, 0.1) is 0 Å². The Labute approximate surface area is 108 Å². The van der Waals surface area contributed by atoms with Crippen molar-refractivity contribution in [3.63, 3.8) is 0 Å². The lowest BCUT2D eigenvalue weighted by Gasteiger charge is -2.32. The lowest BCUT2D eigenvalue weighted by atomic mass is 9.89. The number of Topliss-reactive ketones (excluding diaryl/α,β-unsaturated/α-hetero) is 1. The summed E-state index contributed by atoms with van der Waals surface area (Å²) < 4.78 is 6.72. The molecular weight excluding hydrogens is 288 g/mol. The molecule has 4 heteroatoms. The van der Waals surface area contributed by atoms with Crippen LogP contribution in [0.5, 0.6) is 0 Å². The van der Waals surface area contributed by atoms with Crippen LogP contribution >= 0.6 is 27.3 Å². The minimum Gasteiger partial charge on any atom is -0.367 e. The fourth-order valence-electron chi connectivity index (χ4n) is 1.95. The summed E-state index contributed by atoms with van der Waals surface area (Å²) in [6.07, 6.45) is 3.52. The van der Waals surface area contributed by atoms with Gasteiger partial charge < -0.3 is 4.74 Å². The largest absolute Gasteiger partial charge is 0.367 e. The summed E-state index contributed by atoms with van der Waals surface area (Å²) in [5, 5.41) is 0. The molecule has 1 unspecified atom stereocenters. The summed E-state index contributed by atoms with van der Waals surface area (Å²) in [6, 6.07) is 3.98. The van der Waals surface area contributed by atoms with E-state index in [0.717, 1.165) is 34.5 Å². The van der Waals surface area contributed by atoms with Crippen LogP contribution in [-0.2, 0) is 16.0 Å². The van der Waals surface area contributed by atoms with E-state index in [1.165, 1.54) is 0 Å². The molecule has 1 fully saturated rings. The fourth-order valence-corrected chi connectivity index (χ4v) is 3.43. The van der Waals surface area contributed by atoms with Gasteiger partial charge in [0.1, 0.15) is 5.60 Å². The van der Waals surface area contributed by atoms with E-state index in [1.807, 2.05) is 19.1 Å². The van der Waals surface area contributed by atoms with E-state index >= 15 is 0 Å². The molecule has 0 amide bonds. The van der Waals surface area contributed by atoms with Crippen molar-refractivity contribution in [1.29, 1.82) is 0 Å². The zero-order valence-corrected chi connectivity index (χ0v) is 11.7. The fraction of sp³-hybridized carbons (Fsp3) is 0.583. The van der Waals surface area contributed by atoms with Gasteiger partial charge in [0.25, 0.3) is 0 Å². The van der Waals surface area contributed by atoms with Crippen LogP contribution in [0.1, 0.15) is 31.1 Å². The van der Waals surface area contributed by atoms with Crippen molar-refractivity contribution < 1.29 is 9.53 Å². The van der Waals surface area contributed by atoms with Crippen molar-refractivity contribution in [2.45, 2.75) is 38.2 Å². The quantitative estimate of drug-likeness (QED) is 0.853. The number of rotatable bonds is 3. The average molecular weight is 303 g/mol.